The monoisotopic (exact) mass is 127 g/mol. The smallest absolute Gasteiger partial charge is 0.173 e. The summed E-state index contributed by atoms with van der Waals surface area (Å²) < 4.78 is 0. The summed E-state index contributed by atoms with van der Waals surface area (Å²) in [5.74, 6) is -0.211. The highest BCUT2D eigenvalue weighted by atomic mass is 16.1. The number of rotatable bonds is 5. The van der Waals surface area contributed by atoms with E-state index in [0.717, 1.165) is 12.5 Å². The second-order valence-corrected chi connectivity index (χ2v) is 1.67. The van der Waals surface area contributed by atoms with Gasteiger partial charge in [0.25, 0.3) is 0 Å². The van der Waals surface area contributed by atoms with Crippen LogP contribution in [0.25, 0.3) is 0 Å². The fourth-order valence-electron chi connectivity index (χ4n) is 0.432. The first-order chi connectivity index (χ1) is 4.31. The van der Waals surface area contributed by atoms with Gasteiger partial charge in [-0.15, -0.1) is 0 Å². The molecule has 0 fully saturated rings. The van der Waals surface area contributed by atoms with E-state index in [9.17, 15) is 9.59 Å². The lowest BCUT2D eigenvalue weighted by Crippen LogP contribution is -1.96. The molecule has 0 radical (unpaired) electrons. The maximum Gasteiger partial charge on any atom is 0.173 e. The summed E-state index contributed by atoms with van der Waals surface area (Å²) in [6.45, 7) is 0. The van der Waals surface area contributed by atoms with Gasteiger partial charge >= 0.3 is 0 Å². The number of ketones is 1. The number of hydrogen-bond donors (Lipinski definition) is 1. The first-order valence-corrected chi connectivity index (χ1v) is 2.78. The minimum absolute atomic E-state index is 0.211. The molecular formula is C6H9NO2. The van der Waals surface area contributed by atoms with Crippen LogP contribution in [0.1, 0.15) is 19.3 Å². The van der Waals surface area contributed by atoms with Crippen LogP contribution in [0.5, 0.6) is 0 Å². The molecule has 0 saturated heterocycles. The molecule has 0 aromatic rings. The Bertz CT molecular complexity index is 120. The number of hydrogen-bond acceptors (Lipinski definition) is 3. The average Bonchev–Trinajstić information content (AvgIpc) is 1.89. The van der Waals surface area contributed by atoms with Gasteiger partial charge in [0.15, 0.2) is 5.78 Å². The number of carbonyl (C=O) groups excluding carboxylic acids is 2. The molecule has 0 unspecified atom stereocenters. The van der Waals surface area contributed by atoms with Crippen LogP contribution in [-0.4, -0.2) is 18.3 Å². The van der Waals surface area contributed by atoms with E-state index in [0.29, 0.717) is 19.3 Å². The molecular weight excluding hydrogens is 118 g/mol. The minimum Gasteiger partial charge on any atom is -0.305 e. The molecule has 0 aliphatic carbocycles. The van der Waals surface area contributed by atoms with Gasteiger partial charge in [-0.2, -0.15) is 0 Å². The molecule has 0 amide bonds. The van der Waals surface area contributed by atoms with Gasteiger partial charge < -0.3 is 10.2 Å². The van der Waals surface area contributed by atoms with Crippen LogP contribution in [0.3, 0.4) is 0 Å². The number of Topliss-reactive ketones (excluding diaryl/α,β-unsaturated/α-hetero) is 1. The summed E-state index contributed by atoms with van der Waals surface area (Å²) in [5.41, 5.74) is 0. The van der Waals surface area contributed by atoms with Crippen LogP contribution in [0.4, 0.5) is 0 Å². The van der Waals surface area contributed by atoms with Crippen molar-refractivity contribution >= 4 is 18.3 Å². The predicted octanol–water partition coefficient (Wildman–Crippen LogP) is 0.574. The van der Waals surface area contributed by atoms with Crippen molar-refractivity contribution in [3.8, 4) is 0 Å². The Kier molecular flexibility index (Phi) is 4.59. The maximum atomic E-state index is 10.3. The quantitative estimate of drug-likeness (QED) is 0.333. The van der Waals surface area contributed by atoms with Crippen LogP contribution in [0.15, 0.2) is 0 Å². The van der Waals surface area contributed by atoms with Gasteiger partial charge in [-0.25, -0.2) is 0 Å². The van der Waals surface area contributed by atoms with Gasteiger partial charge in [-0.05, 0) is 6.42 Å². The fourth-order valence-corrected chi connectivity index (χ4v) is 0.432. The first-order valence-electron chi connectivity index (χ1n) is 2.78. The summed E-state index contributed by atoms with van der Waals surface area (Å²) in [6.07, 6.45) is 2.86. The summed E-state index contributed by atoms with van der Waals surface area (Å²) in [7, 11) is 0. The van der Waals surface area contributed by atoms with Gasteiger partial charge in [0.2, 0.25) is 0 Å². The Morgan fingerprint density at radius 1 is 1.56 bits per heavy atom. The van der Waals surface area contributed by atoms with Gasteiger partial charge in [0.1, 0.15) is 6.29 Å². The topological polar surface area (TPSA) is 58.0 Å². The molecule has 9 heavy (non-hydrogen) atoms. The van der Waals surface area contributed by atoms with Crippen molar-refractivity contribution in [2.75, 3.05) is 0 Å². The van der Waals surface area contributed by atoms with E-state index in [2.05, 4.69) is 0 Å². The molecule has 0 aromatic heterocycles. The third-order valence-corrected chi connectivity index (χ3v) is 0.906. The van der Waals surface area contributed by atoms with E-state index in [4.69, 9.17) is 5.41 Å². The molecule has 3 nitrogen and oxygen atoms in total. The predicted molar refractivity (Wildman–Crippen MR) is 33.7 cm³/mol. The molecule has 0 rings (SSSR count). The summed E-state index contributed by atoms with van der Waals surface area (Å²) in [4.78, 5) is 20.0. The molecule has 0 bridgehead atoms. The van der Waals surface area contributed by atoms with Crippen molar-refractivity contribution in [2.45, 2.75) is 19.3 Å². The highest BCUT2D eigenvalue weighted by Crippen LogP contribution is 1.91. The zero-order chi connectivity index (χ0) is 7.11. The minimum atomic E-state index is -0.211. The van der Waals surface area contributed by atoms with Crippen molar-refractivity contribution in [1.29, 1.82) is 5.41 Å². The van der Waals surface area contributed by atoms with E-state index >= 15 is 0 Å². The van der Waals surface area contributed by atoms with E-state index in [1.807, 2.05) is 0 Å². The molecule has 1 N–H and O–H groups in total. The number of aldehydes is 1. The van der Waals surface area contributed by atoms with Crippen LogP contribution in [-0.2, 0) is 9.59 Å². The lowest BCUT2D eigenvalue weighted by Gasteiger charge is -1.86. The standard InChI is InChI=1S/C6H9NO2/c7-5-6(9)3-1-2-4-8/h4-5,7H,1-3H2. The second-order valence-electron chi connectivity index (χ2n) is 1.67. The molecule has 0 aliphatic rings. The molecule has 0 aliphatic heterocycles. The van der Waals surface area contributed by atoms with Gasteiger partial charge in [0.05, 0.1) is 6.21 Å². The molecule has 0 aromatic carbocycles. The van der Waals surface area contributed by atoms with Gasteiger partial charge in [-0.1, -0.05) is 0 Å². The van der Waals surface area contributed by atoms with Crippen LogP contribution in [0.2, 0.25) is 0 Å². The number of unbranched alkanes of at least 4 members (excludes halogenated alkanes) is 1. The van der Waals surface area contributed by atoms with Crippen molar-refractivity contribution < 1.29 is 9.59 Å². The maximum absolute atomic E-state index is 10.3. The Morgan fingerprint density at radius 3 is 2.67 bits per heavy atom. The third kappa shape index (κ3) is 4.87. The largest absolute Gasteiger partial charge is 0.305 e. The second kappa shape index (κ2) is 5.15. The van der Waals surface area contributed by atoms with Crippen molar-refractivity contribution in [2.24, 2.45) is 0 Å². The summed E-state index contributed by atoms with van der Waals surface area (Å²) in [5, 5.41) is 6.48. The highest BCUT2D eigenvalue weighted by Gasteiger charge is 1.93. The van der Waals surface area contributed by atoms with Gasteiger partial charge in [0, 0.05) is 12.8 Å². The van der Waals surface area contributed by atoms with Crippen molar-refractivity contribution in [3.05, 3.63) is 0 Å². The zero-order valence-corrected chi connectivity index (χ0v) is 5.09. The molecule has 0 saturated carbocycles. The van der Waals surface area contributed by atoms with Crippen molar-refractivity contribution in [1.82, 2.24) is 0 Å². The van der Waals surface area contributed by atoms with E-state index in [-0.39, 0.29) is 5.78 Å². The van der Waals surface area contributed by atoms with Crippen LogP contribution < -0.4 is 0 Å². The van der Waals surface area contributed by atoms with Crippen LogP contribution >= 0.6 is 0 Å². The zero-order valence-electron chi connectivity index (χ0n) is 5.09. The van der Waals surface area contributed by atoms with E-state index in [1.165, 1.54) is 0 Å². The Morgan fingerprint density at radius 2 is 2.22 bits per heavy atom. The van der Waals surface area contributed by atoms with Gasteiger partial charge in [-0.3, -0.25) is 4.79 Å². The average molecular weight is 127 g/mol. The normalized spacial score (nSPS) is 8.44. The van der Waals surface area contributed by atoms with E-state index < -0.39 is 0 Å². The van der Waals surface area contributed by atoms with E-state index in [1.54, 1.807) is 0 Å². The number of nitrogens with one attached hydrogen (secondary N) is 1. The highest BCUT2D eigenvalue weighted by molar-refractivity contribution is 6.26. The lowest BCUT2D eigenvalue weighted by atomic mass is 10.2. The summed E-state index contributed by atoms with van der Waals surface area (Å²) >= 11 is 0. The Balaban J connectivity index is 3.16. The summed E-state index contributed by atoms with van der Waals surface area (Å²) in [6, 6.07) is 0. The first kappa shape index (κ1) is 8.01. The molecule has 3 heteroatoms. The lowest BCUT2D eigenvalue weighted by molar-refractivity contribution is -0.112. The molecule has 50 valence electrons. The third-order valence-electron chi connectivity index (χ3n) is 0.906. The Hall–Kier alpha value is -0.990. The molecule has 0 heterocycles. The van der Waals surface area contributed by atoms with Crippen molar-refractivity contribution in [3.63, 3.8) is 0 Å². The number of carbonyl (C=O) groups is 2. The molecule has 0 atom stereocenters. The Labute approximate surface area is 53.6 Å². The van der Waals surface area contributed by atoms with Crippen LogP contribution in [0, 0.1) is 5.41 Å². The molecule has 0 spiro atoms. The fraction of sp³-hybridized carbons (Fsp3) is 0.500. The SMILES string of the molecule is N=CC(=O)CCCC=O.